The van der Waals surface area contributed by atoms with Gasteiger partial charge in [0.25, 0.3) is 0 Å². The highest BCUT2D eigenvalue weighted by Gasteiger charge is 2.48. The van der Waals surface area contributed by atoms with E-state index in [2.05, 4.69) is 28.1 Å². The zero-order valence-corrected chi connectivity index (χ0v) is 27.8. The van der Waals surface area contributed by atoms with Crippen LogP contribution in [0.25, 0.3) is 0 Å². The molecule has 4 rings (SSSR count). The number of carbonyl (C=O) groups excluding carboxylic acids is 1. The van der Waals surface area contributed by atoms with Crippen LogP contribution < -0.4 is 14.2 Å². The smallest absolute Gasteiger partial charge is 0.308 e. The number of ether oxygens (including phenoxy) is 3. The van der Waals surface area contributed by atoms with Gasteiger partial charge >= 0.3 is 5.97 Å². The molecule has 248 valence electrons. The highest BCUT2D eigenvalue weighted by atomic mass is 32.2. The van der Waals surface area contributed by atoms with Crippen molar-refractivity contribution in [3.8, 4) is 17.2 Å². The molecule has 0 bridgehead atoms. The second-order valence-corrected chi connectivity index (χ2v) is 15.3. The molecule has 1 N–H and O–H groups in total. The molecule has 44 heavy (non-hydrogen) atoms. The second kappa shape index (κ2) is 14.7. The van der Waals surface area contributed by atoms with Gasteiger partial charge in [0.1, 0.15) is 0 Å². The van der Waals surface area contributed by atoms with E-state index < -0.39 is 33.9 Å². The van der Waals surface area contributed by atoms with Crippen molar-refractivity contribution >= 4 is 21.9 Å². The van der Waals surface area contributed by atoms with Crippen molar-refractivity contribution in [3.05, 3.63) is 17.7 Å². The number of rotatable bonds is 16. The highest BCUT2D eigenvalue weighted by molar-refractivity contribution is 7.89. The summed E-state index contributed by atoms with van der Waals surface area (Å²) in [5.74, 6) is -0.743. The molecule has 0 spiro atoms. The van der Waals surface area contributed by atoms with Crippen LogP contribution in [0.4, 0.5) is 0 Å². The Kier molecular flexibility index (Phi) is 11.4. The van der Waals surface area contributed by atoms with Gasteiger partial charge in [-0.3, -0.25) is 14.5 Å². The molecule has 2 fully saturated rings. The summed E-state index contributed by atoms with van der Waals surface area (Å²) in [6, 6.07) is 3.07. The summed E-state index contributed by atoms with van der Waals surface area (Å²) in [5, 5.41) is 10.6. The molecule has 3 atom stereocenters. The summed E-state index contributed by atoms with van der Waals surface area (Å²) in [6.45, 7) is 5.58. The number of hydrogen-bond donors (Lipinski definition) is 1. The van der Waals surface area contributed by atoms with Crippen molar-refractivity contribution < 1.29 is 41.8 Å². The fraction of sp³-hybridized carbons (Fsp3) is 0.742. The molecular formula is C31H51N4O8S+. The number of nitrogens with zero attached hydrogens (tertiary/aromatic N) is 4. The van der Waals surface area contributed by atoms with Crippen molar-refractivity contribution in [2.75, 3.05) is 86.6 Å². The summed E-state index contributed by atoms with van der Waals surface area (Å²) in [6.07, 6.45) is 4.66. The van der Waals surface area contributed by atoms with Crippen molar-refractivity contribution in [3.63, 3.8) is 0 Å². The topological polar surface area (TPSA) is 126 Å². The minimum atomic E-state index is -3.34. The Balaban J connectivity index is 1.59. The van der Waals surface area contributed by atoms with Crippen LogP contribution in [0, 0.1) is 5.92 Å². The molecule has 1 aromatic rings. The fourth-order valence-electron chi connectivity index (χ4n) is 6.65. The molecule has 0 aliphatic carbocycles. The first kappa shape index (κ1) is 34.3. The zero-order valence-electron chi connectivity index (χ0n) is 27.0. The predicted molar refractivity (Wildman–Crippen MR) is 167 cm³/mol. The zero-order chi connectivity index (χ0) is 32.1. The van der Waals surface area contributed by atoms with E-state index in [-0.39, 0.29) is 31.5 Å². The number of unbranched alkanes of at least 4 members (excludes halogenated alkanes) is 2. The van der Waals surface area contributed by atoms with Gasteiger partial charge in [-0.1, -0.05) is 13.3 Å². The van der Waals surface area contributed by atoms with E-state index in [4.69, 9.17) is 14.2 Å². The Morgan fingerprint density at radius 1 is 1.14 bits per heavy atom. The third-order valence-electron chi connectivity index (χ3n) is 9.00. The molecule has 1 unspecified atom stereocenters. The second-order valence-electron chi connectivity index (χ2n) is 13.2. The first-order valence-corrected chi connectivity index (χ1v) is 17.5. The predicted octanol–water partition coefficient (Wildman–Crippen LogP) is 2.43. The normalized spacial score (nSPS) is 23.2. The van der Waals surface area contributed by atoms with Gasteiger partial charge in [-0.25, -0.2) is 12.7 Å². The van der Waals surface area contributed by atoms with Crippen LogP contribution >= 0.6 is 0 Å². The third kappa shape index (κ3) is 8.35. The summed E-state index contributed by atoms with van der Waals surface area (Å²) >= 11 is 0. The number of likely N-dealkylation sites (tertiary alicyclic amines) is 1. The number of hydrogen-bond acceptors (Lipinski definition) is 8. The average Bonchev–Trinajstić information content (AvgIpc) is 3.66. The number of methoxy groups -OCH3 is 1. The Labute approximate surface area is 262 Å². The van der Waals surface area contributed by atoms with Crippen LogP contribution in [-0.4, -0.2) is 137 Å². The molecule has 3 aliphatic rings. The van der Waals surface area contributed by atoms with Gasteiger partial charge in [0.2, 0.25) is 28.5 Å². The summed E-state index contributed by atoms with van der Waals surface area (Å²) in [4.78, 5) is 30.7. The van der Waals surface area contributed by atoms with Crippen LogP contribution in [-0.2, 0) is 19.6 Å². The molecule has 1 amide bonds. The maximum absolute atomic E-state index is 13.8. The molecule has 0 radical (unpaired) electrons. The van der Waals surface area contributed by atoms with E-state index in [0.717, 1.165) is 42.3 Å². The minimum Gasteiger partial charge on any atom is -0.493 e. The van der Waals surface area contributed by atoms with Gasteiger partial charge in [0.05, 0.1) is 53.0 Å². The molecule has 13 heteroatoms. The Morgan fingerprint density at radius 2 is 1.89 bits per heavy atom. The number of carboxylic acids is 1. The van der Waals surface area contributed by atoms with E-state index in [0.29, 0.717) is 56.3 Å². The van der Waals surface area contributed by atoms with E-state index in [1.807, 2.05) is 9.80 Å². The minimum absolute atomic E-state index is 0.0180. The number of carbonyl (C=O) groups is 2. The molecule has 2 saturated heterocycles. The van der Waals surface area contributed by atoms with Gasteiger partial charge in [0, 0.05) is 44.7 Å². The quantitative estimate of drug-likeness (QED) is 0.214. The molecule has 3 heterocycles. The molecule has 0 saturated carbocycles. The van der Waals surface area contributed by atoms with Crippen molar-refractivity contribution in [1.82, 2.24) is 14.1 Å². The Bertz CT molecular complexity index is 1270. The number of amides is 1. The van der Waals surface area contributed by atoms with Crippen LogP contribution in [0.2, 0.25) is 0 Å². The number of carboxylic acid groups (broad SMARTS) is 1. The van der Waals surface area contributed by atoms with Gasteiger partial charge < -0.3 is 28.7 Å². The van der Waals surface area contributed by atoms with E-state index >= 15 is 0 Å². The lowest BCUT2D eigenvalue weighted by atomic mass is 9.84. The van der Waals surface area contributed by atoms with E-state index in [1.54, 1.807) is 12.1 Å². The number of aliphatic carboxylic acids is 1. The Hall–Kier alpha value is -2.61. The summed E-state index contributed by atoms with van der Waals surface area (Å²) < 4.78 is 44.2. The van der Waals surface area contributed by atoms with E-state index in [1.165, 1.54) is 11.4 Å². The van der Waals surface area contributed by atoms with Crippen LogP contribution in [0.15, 0.2) is 12.1 Å². The monoisotopic (exact) mass is 639 g/mol. The maximum Gasteiger partial charge on any atom is 0.308 e. The van der Waals surface area contributed by atoms with Crippen molar-refractivity contribution in [2.24, 2.45) is 5.92 Å². The van der Waals surface area contributed by atoms with Gasteiger partial charge in [0.15, 0.2) is 11.5 Å². The van der Waals surface area contributed by atoms with Crippen molar-refractivity contribution in [1.29, 1.82) is 0 Å². The Morgan fingerprint density at radius 3 is 2.52 bits per heavy atom. The number of sulfonamides is 1. The lowest BCUT2D eigenvalue weighted by molar-refractivity contribution is -0.870. The van der Waals surface area contributed by atoms with Crippen LogP contribution in [0.5, 0.6) is 17.2 Å². The van der Waals surface area contributed by atoms with Gasteiger partial charge in [-0.15, -0.1) is 0 Å². The van der Waals surface area contributed by atoms with E-state index in [9.17, 15) is 23.1 Å². The maximum atomic E-state index is 13.8. The summed E-state index contributed by atoms with van der Waals surface area (Å²) in [7, 11) is 4.66. The molecular weight excluding hydrogens is 588 g/mol. The fourth-order valence-corrected chi connectivity index (χ4v) is 8.19. The molecule has 1 aromatic carbocycles. The largest absolute Gasteiger partial charge is 0.493 e. The van der Waals surface area contributed by atoms with Gasteiger partial charge in [-0.05, 0) is 49.8 Å². The lowest BCUT2D eigenvalue weighted by Gasteiger charge is -2.31. The van der Waals surface area contributed by atoms with Crippen LogP contribution in [0.1, 0.15) is 56.9 Å². The van der Waals surface area contributed by atoms with Crippen LogP contribution in [0.3, 0.4) is 0 Å². The first-order chi connectivity index (χ1) is 20.8. The molecule has 12 nitrogen and oxygen atoms in total. The number of fused-ring (bicyclic) bond motifs is 1. The molecule has 3 aliphatic heterocycles. The SMILES string of the molecule is CCCCN(CCCC[N+](C)(C)C)C(=O)CN1C[C@H](c2cc(OC)c3c(c2)OCO3)C(C(=O)O)[C@@H]1CCN1CCCS1(=O)=O. The van der Waals surface area contributed by atoms with Gasteiger partial charge in [-0.2, -0.15) is 0 Å². The third-order valence-corrected chi connectivity index (χ3v) is 11.0. The summed E-state index contributed by atoms with van der Waals surface area (Å²) in [5.41, 5.74) is 0.732. The number of quaternary nitrogens is 1. The lowest BCUT2D eigenvalue weighted by Crippen LogP contribution is -2.46. The first-order valence-electron chi connectivity index (χ1n) is 15.8. The molecule has 0 aromatic heterocycles. The number of benzene rings is 1. The average molecular weight is 640 g/mol. The highest BCUT2D eigenvalue weighted by Crippen LogP contribution is 2.47. The standard InChI is InChI=1S/C31H50N4O8S/c1-6-7-12-32(13-8-9-16-35(2,3)4)28(36)21-33-20-24(23-18-26(41-5)30-27(19-23)42-22-43-30)29(31(37)38)25(33)11-15-34-14-10-17-44(34,39)40/h18-19,24-25,29H,6-17,20-22H2,1-5H3/p+1/t24-,25+,29?/m1/s1. The van der Waals surface area contributed by atoms with Crippen molar-refractivity contribution in [2.45, 2.75) is 57.4 Å².